The molecule has 2 aromatic heterocycles. The molecule has 0 aromatic carbocycles. The molecular weight excluding hydrogens is 280 g/mol. The molecule has 1 saturated heterocycles. The summed E-state index contributed by atoms with van der Waals surface area (Å²) < 4.78 is 7.21. The molecule has 1 fully saturated rings. The van der Waals surface area contributed by atoms with Crippen molar-refractivity contribution < 1.29 is 4.74 Å². The maximum absolute atomic E-state index is 11.7. The van der Waals surface area contributed by atoms with Gasteiger partial charge in [-0.1, -0.05) is 6.07 Å². The lowest BCUT2D eigenvalue weighted by Crippen LogP contribution is -2.37. The van der Waals surface area contributed by atoms with Gasteiger partial charge < -0.3 is 14.2 Å². The maximum atomic E-state index is 11.7. The van der Waals surface area contributed by atoms with Gasteiger partial charge in [-0.05, 0) is 24.8 Å². The third-order valence-electron chi connectivity index (χ3n) is 4.01. The van der Waals surface area contributed by atoms with Crippen molar-refractivity contribution in [1.29, 1.82) is 0 Å². The van der Waals surface area contributed by atoms with Crippen LogP contribution in [0.15, 0.2) is 41.6 Å². The molecule has 0 spiro atoms. The Kier molecular flexibility index (Phi) is 4.37. The van der Waals surface area contributed by atoms with Gasteiger partial charge in [-0.3, -0.25) is 4.79 Å². The highest BCUT2D eigenvalue weighted by Crippen LogP contribution is 2.21. The number of hydrogen-bond acceptors (Lipinski definition) is 5. The van der Waals surface area contributed by atoms with Crippen LogP contribution in [0.25, 0.3) is 0 Å². The van der Waals surface area contributed by atoms with Crippen LogP contribution in [0.1, 0.15) is 12.8 Å². The lowest BCUT2D eigenvalue weighted by atomic mass is 9.98. The highest BCUT2D eigenvalue weighted by molar-refractivity contribution is 5.37. The molecular formula is C16H20N4O2. The lowest BCUT2D eigenvalue weighted by molar-refractivity contribution is 0.216. The topological polar surface area (TPSA) is 60.3 Å². The van der Waals surface area contributed by atoms with Crippen LogP contribution < -0.4 is 15.2 Å². The fourth-order valence-corrected chi connectivity index (χ4v) is 2.59. The molecule has 0 N–H and O–H groups in total. The SMILES string of the molecule is Cn1cnc(N2CCC(COc3ccccn3)CC2)cc1=O. The van der Waals surface area contributed by atoms with E-state index in [1.54, 1.807) is 25.6 Å². The monoisotopic (exact) mass is 300 g/mol. The van der Waals surface area contributed by atoms with Crippen molar-refractivity contribution in [1.82, 2.24) is 14.5 Å². The van der Waals surface area contributed by atoms with Crippen LogP contribution in [0.2, 0.25) is 0 Å². The average molecular weight is 300 g/mol. The van der Waals surface area contributed by atoms with Gasteiger partial charge in [0.15, 0.2) is 0 Å². The van der Waals surface area contributed by atoms with Crippen LogP contribution in [0, 0.1) is 5.92 Å². The Morgan fingerprint density at radius 1 is 1.27 bits per heavy atom. The van der Waals surface area contributed by atoms with Gasteiger partial charge in [-0.2, -0.15) is 0 Å². The van der Waals surface area contributed by atoms with Crippen LogP contribution in [0.3, 0.4) is 0 Å². The van der Waals surface area contributed by atoms with E-state index in [0.29, 0.717) is 18.4 Å². The first-order valence-electron chi connectivity index (χ1n) is 7.54. The minimum atomic E-state index is -0.0226. The quantitative estimate of drug-likeness (QED) is 0.856. The summed E-state index contributed by atoms with van der Waals surface area (Å²) in [6.45, 7) is 2.49. The second-order valence-corrected chi connectivity index (χ2v) is 5.61. The molecule has 1 aliphatic heterocycles. The van der Waals surface area contributed by atoms with Gasteiger partial charge in [-0.25, -0.2) is 9.97 Å². The number of hydrogen-bond donors (Lipinski definition) is 0. The second-order valence-electron chi connectivity index (χ2n) is 5.61. The molecule has 116 valence electrons. The van der Waals surface area contributed by atoms with Crippen molar-refractivity contribution in [2.45, 2.75) is 12.8 Å². The first-order chi connectivity index (χ1) is 10.7. The van der Waals surface area contributed by atoms with E-state index in [2.05, 4.69) is 14.9 Å². The van der Waals surface area contributed by atoms with Crippen molar-refractivity contribution in [2.75, 3.05) is 24.6 Å². The van der Waals surface area contributed by atoms with Crippen LogP contribution in [-0.2, 0) is 7.05 Å². The number of anilines is 1. The van der Waals surface area contributed by atoms with Crippen LogP contribution in [0.5, 0.6) is 5.88 Å². The molecule has 0 aliphatic carbocycles. The molecule has 3 rings (SSSR count). The fourth-order valence-electron chi connectivity index (χ4n) is 2.59. The molecule has 2 aromatic rings. The number of aryl methyl sites for hydroxylation is 1. The smallest absolute Gasteiger partial charge is 0.255 e. The summed E-state index contributed by atoms with van der Waals surface area (Å²) in [6, 6.07) is 7.28. The number of rotatable bonds is 4. The van der Waals surface area contributed by atoms with E-state index < -0.39 is 0 Å². The number of pyridine rings is 1. The van der Waals surface area contributed by atoms with Gasteiger partial charge in [-0.15, -0.1) is 0 Å². The molecule has 0 unspecified atom stereocenters. The summed E-state index contributed by atoms with van der Waals surface area (Å²) in [5.41, 5.74) is -0.0226. The van der Waals surface area contributed by atoms with Gasteiger partial charge in [0.2, 0.25) is 5.88 Å². The molecule has 3 heterocycles. The number of ether oxygens (including phenoxy) is 1. The first-order valence-corrected chi connectivity index (χ1v) is 7.54. The van der Waals surface area contributed by atoms with E-state index in [4.69, 9.17) is 4.74 Å². The number of aromatic nitrogens is 3. The third-order valence-corrected chi connectivity index (χ3v) is 4.01. The van der Waals surface area contributed by atoms with Gasteiger partial charge in [0, 0.05) is 38.5 Å². The zero-order valence-corrected chi connectivity index (χ0v) is 12.7. The number of nitrogens with zero attached hydrogens (tertiary/aromatic N) is 4. The van der Waals surface area contributed by atoms with Crippen molar-refractivity contribution in [3.8, 4) is 5.88 Å². The second kappa shape index (κ2) is 6.60. The Labute approximate surface area is 129 Å². The Bertz CT molecular complexity index is 663. The summed E-state index contributed by atoms with van der Waals surface area (Å²) in [5.74, 6) is 1.97. The van der Waals surface area contributed by atoms with E-state index >= 15 is 0 Å². The van der Waals surface area contributed by atoms with E-state index in [9.17, 15) is 4.79 Å². The predicted octanol–water partition coefficient (Wildman–Crippen LogP) is 1.47. The predicted molar refractivity (Wildman–Crippen MR) is 84.1 cm³/mol. The summed E-state index contributed by atoms with van der Waals surface area (Å²) in [7, 11) is 1.71. The fraction of sp³-hybridized carbons (Fsp3) is 0.438. The average Bonchev–Trinajstić information content (AvgIpc) is 2.57. The van der Waals surface area contributed by atoms with Gasteiger partial charge in [0.25, 0.3) is 5.56 Å². The highest BCUT2D eigenvalue weighted by Gasteiger charge is 2.21. The van der Waals surface area contributed by atoms with E-state index in [-0.39, 0.29) is 5.56 Å². The van der Waals surface area contributed by atoms with Crippen LogP contribution in [-0.4, -0.2) is 34.2 Å². The minimum Gasteiger partial charge on any atom is -0.477 e. The molecule has 0 saturated carbocycles. The molecule has 0 radical (unpaired) electrons. The van der Waals surface area contributed by atoms with Gasteiger partial charge >= 0.3 is 0 Å². The molecule has 0 bridgehead atoms. The standard InChI is InChI=1S/C16H20N4O2/c1-19-12-18-14(10-16(19)21)20-8-5-13(6-9-20)11-22-15-4-2-3-7-17-15/h2-4,7,10,12-13H,5-6,8-9,11H2,1H3. The van der Waals surface area contributed by atoms with E-state index in [1.807, 2.05) is 18.2 Å². The van der Waals surface area contributed by atoms with Crippen molar-refractivity contribution in [3.05, 3.63) is 47.1 Å². The summed E-state index contributed by atoms with van der Waals surface area (Å²) >= 11 is 0. The van der Waals surface area contributed by atoms with Gasteiger partial charge in [0.1, 0.15) is 5.82 Å². The molecule has 1 aliphatic rings. The summed E-state index contributed by atoms with van der Waals surface area (Å²) in [6.07, 6.45) is 5.38. The molecule has 0 atom stereocenters. The van der Waals surface area contributed by atoms with E-state index in [0.717, 1.165) is 31.7 Å². The van der Waals surface area contributed by atoms with Crippen molar-refractivity contribution in [2.24, 2.45) is 13.0 Å². The van der Waals surface area contributed by atoms with E-state index in [1.165, 1.54) is 4.57 Å². The molecule has 6 heteroatoms. The Morgan fingerprint density at radius 2 is 2.09 bits per heavy atom. The van der Waals surface area contributed by atoms with Crippen molar-refractivity contribution in [3.63, 3.8) is 0 Å². The first kappa shape index (κ1) is 14.6. The van der Waals surface area contributed by atoms with Crippen LogP contribution >= 0.6 is 0 Å². The Hall–Kier alpha value is -2.37. The molecule has 0 amide bonds. The normalized spacial score (nSPS) is 15.8. The zero-order valence-electron chi connectivity index (χ0n) is 12.7. The summed E-state index contributed by atoms with van der Waals surface area (Å²) in [5, 5.41) is 0. The maximum Gasteiger partial charge on any atom is 0.255 e. The Balaban J connectivity index is 1.52. The highest BCUT2D eigenvalue weighted by atomic mass is 16.5. The third kappa shape index (κ3) is 3.44. The number of piperidine rings is 1. The van der Waals surface area contributed by atoms with Gasteiger partial charge in [0.05, 0.1) is 12.9 Å². The summed E-state index contributed by atoms with van der Waals surface area (Å²) in [4.78, 5) is 22.3. The minimum absolute atomic E-state index is 0.0226. The zero-order chi connectivity index (χ0) is 15.4. The van der Waals surface area contributed by atoms with Crippen molar-refractivity contribution >= 4 is 5.82 Å². The molecule has 22 heavy (non-hydrogen) atoms. The Morgan fingerprint density at radius 3 is 2.77 bits per heavy atom. The largest absolute Gasteiger partial charge is 0.477 e. The lowest BCUT2D eigenvalue weighted by Gasteiger charge is -2.32. The van der Waals surface area contributed by atoms with Crippen LogP contribution in [0.4, 0.5) is 5.82 Å². The molecule has 6 nitrogen and oxygen atoms in total.